The van der Waals surface area contributed by atoms with Gasteiger partial charge >= 0.3 is 0 Å². The zero-order chi connectivity index (χ0) is 26.5. The Hall–Kier alpha value is -3.08. The first-order valence-electron chi connectivity index (χ1n) is 11.1. The molecule has 36 heavy (non-hydrogen) atoms. The molecule has 0 bridgehead atoms. The Morgan fingerprint density at radius 1 is 0.917 bits per heavy atom. The van der Waals surface area contributed by atoms with Gasteiger partial charge in [-0.15, -0.1) is 0 Å². The Bertz CT molecular complexity index is 1460. The van der Waals surface area contributed by atoms with Gasteiger partial charge in [0.05, 0.1) is 22.5 Å². The van der Waals surface area contributed by atoms with Gasteiger partial charge in [-0.25, -0.2) is 16.8 Å². The summed E-state index contributed by atoms with van der Waals surface area (Å²) >= 11 is 5.90. The number of amides is 1. The van der Waals surface area contributed by atoms with Crippen molar-refractivity contribution in [2.45, 2.75) is 31.6 Å². The van der Waals surface area contributed by atoms with Crippen molar-refractivity contribution in [2.75, 3.05) is 27.1 Å². The lowest BCUT2D eigenvalue weighted by Crippen LogP contribution is -2.32. The second-order valence-corrected chi connectivity index (χ2v) is 12.4. The van der Waals surface area contributed by atoms with Gasteiger partial charge in [0.2, 0.25) is 15.9 Å². The molecule has 3 aromatic carbocycles. The summed E-state index contributed by atoms with van der Waals surface area (Å²) in [6.07, 6.45) is 1.54. The van der Waals surface area contributed by atoms with Gasteiger partial charge in [-0.2, -0.15) is 0 Å². The van der Waals surface area contributed by atoms with E-state index in [9.17, 15) is 21.6 Å². The van der Waals surface area contributed by atoms with Gasteiger partial charge in [0.25, 0.3) is 10.0 Å². The lowest BCUT2D eigenvalue weighted by molar-refractivity contribution is -0.116. The monoisotopic (exact) mass is 549 g/mol. The van der Waals surface area contributed by atoms with Crippen LogP contribution in [0.25, 0.3) is 0 Å². The summed E-state index contributed by atoms with van der Waals surface area (Å²) in [5.74, 6) is -0.308. The summed E-state index contributed by atoms with van der Waals surface area (Å²) in [7, 11) is -7.36. The number of benzene rings is 3. The molecule has 0 aromatic heterocycles. The Morgan fingerprint density at radius 2 is 1.61 bits per heavy atom. The molecule has 0 aliphatic rings. The van der Waals surface area contributed by atoms with Crippen LogP contribution in [0.4, 0.5) is 17.1 Å². The highest BCUT2D eigenvalue weighted by Crippen LogP contribution is 2.25. The molecule has 8 nitrogen and oxygen atoms in total. The minimum Gasteiger partial charge on any atom is -0.326 e. The molecule has 3 rings (SSSR count). The van der Waals surface area contributed by atoms with Crippen LogP contribution in [0.2, 0.25) is 5.02 Å². The average Bonchev–Trinajstić information content (AvgIpc) is 2.78. The predicted octanol–water partition coefficient (Wildman–Crippen LogP) is 4.94. The van der Waals surface area contributed by atoms with Crippen LogP contribution in [0.5, 0.6) is 0 Å². The SMILES string of the molecule is Cc1ccc(C)c(N(CCCC(=O)Nc2ccc(S(=O)(=O)Nc3cccc(Cl)c3)cc2)S(C)(=O)=O)c1. The van der Waals surface area contributed by atoms with Crippen molar-refractivity contribution < 1.29 is 21.6 Å². The molecule has 0 saturated carbocycles. The summed E-state index contributed by atoms with van der Waals surface area (Å²) < 4.78 is 53.7. The van der Waals surface area contributed by atoms with E-state index < -0.39 is 20.0 Å². The number of hydrogen-bond acceptors (Lipinski definition) is 5. The summed E-state index contributed by atoms with van der Waals surface area (Å²) in [5.41, 5.74) is 3.13. The predicted molar refractivity (Wildman–Crippen MR) is 145 cm³/mol. The number of carbonyl (C=O) groups excluding carboxylic acids is 1. The molecule has 0 fully saturated rings. The van der Waals surface area contributed by atoms with Crippen molar-refractivity contribution in [3.8, 4) is 0 Å². The molecule has 0 aliphatic heterocycles. The molecular formula is C25H28ClN3O5S2. The molecule has 1 amide bonds. The zero-order valence-electron chi connectivity index (χ0n) is 20.2. The Kier molecular flexibility index (Phi) is 8.65. The van der Waals surface area contributed by atoms with Crippen LogP contribution in [0.1, 0.15) is 24.0 Å². The van der Waals surface area contributed by atoms with Gasteiger partial charge in [0, 0.05) is 23.7 Å². The first-order valence-corrected chi connectivity index (χ1v) is 14.8. The van der Waals surface area contributed by atoms with Gasteiger partial charge in [0.1, 0.15) is 0 Å². The number of halogens is 1. The number of anilines is 3. The van der Waals surface area contributed by atoms with Crippen LogP contribution in [0.3, 0.4) is 0 Å². The molecule has 11 heteroatoms. The zero-order valence-corrected chi connectivity index (χ0v) is 22.5. The highest BCUT2D eigenvalue weighted by Gasteiger charge is 2.20. The average molecular weight is 550 g/mol. The second kappa shape index (κ2) is 11.3. The topological polar surface area (TPSA) is 113 Å². The lowest BCUT2D eigenvalue weighted by atomic mass is 10.1. The standard InChI is InChI=1S/C25H28ClN3O5S2/c1-18-9-10-19(2)24(16-18)29(35(3,31)32)15-5-8-25(30)27-21-11-13-23(14-12-21)36(33,34)28-22-7-4-6-20(26)17-22/h4,6-7,9-14,16-17,28H,5,8,15H2,1-3H3,(H,27,30). The molecule has 0 spiro atoms. The maximum absolute atomic E-state index is 12.6. The van der Waals surface area contributed by atoms with E-state index in [4.69, 9.17) is 11.6 Å². The highest BCUT2D eigenvalue weighted by molar-refractivity contribution is 7.92. The van der Waals surface area contributed by atoms with Crippen molar-refractivity contribution in [3.05, 3.63) is 82.9 Å². The summed E-state index contributed by atoms with van der Waals surface area (Å²) in [6, 6.07) is 17.7. The molecule has 0 unspecified atom stereocenters. The number of nitrogens with zero attached hydrogens (tertiary/aromatic N) is 1. The van der Waals surface area contributed by atoms with Crippen LogP contribution in [0.15, 0.2) is 71.6 Å². The van der Waals surface area contributed by atoms with Gasteiger partial charge in [-0.1, -0.05) is 29.8 Å². The Labute approximate surface area is 217 Å². The molecule has 0 aliphatic carbocycles. The molecule has 0 saturated heterocycles. The maximum atomic E-state index is 12.6. The maximum Gasteiger partial charge on any atom is 0.261 e. The minimum atomic E-state index is -3.83. The van der Waals surface area contributed by atoms with Gasteiger partial charge in [-0.05, 0) is 79.9 Å². The fraction of sp³-hybridized carbons (Fsp3) is 0.240. The molecule has 0 atom stereocenters. The third-order valence-corrected chi connectivity index (χ3v) is 8.14. The van der Waals surface area contributed by atoms with E-state index in [-0.39, 0.29) is 23.8 Å². The quantitative estimate of drug-likeness (QED) is 0.372. The molecule has 192 valence electrons. The Balaban J connectivity index is 1.59. The van der Waals surface area contributed by atoms with E-state index in [2.05, 4.69) is 10.0 Å². The van der Waals surface area contributed by atoms with E-state index in [0.717, 1.165) is 17.4 Å². The smallest absolute Gasteiger partial charge is 0.261 e. The van der Waals surface area contributed by atoms with Crippen molar-refractivity contribution in [2.24, 2.45) is 0 Å². The van der Waals surface area contributed by atoms with E-state index in [1.165, 1.54) is 34.6 Å². The molecule has 3 aromatic rings. The second-order valence-electron chi connectivity index (χ2n) is 8.42. The number of aryl methyl sites for hydroxylation is 2. The number of carbonyl (C=O) groups is 1. The first kappa shape index (κ1) is 27.5. The summed E-state index contributed by atoms with van der Waals surface area (Å²) in [6.45, 7) is 3.89. The largest absolute Gasteiger partial charge is 0.326 e. The van der Waals surface area contributed by atoms with E-state index in [1.54, 1.807) is 18.2 Å². The normalized spacial score (nSPS) is 11.7. The van der Waals surface area contributed by atoms with E-state index in [1.807, 2.05) is 32.0 Å². The number of rotatable bonds is 10. The van der Waals surface area contributed by atoms with Gasteiger partial charge < -0.3 is 5.32 Å². The molecule has 0 radical (unpaired) electrons. The van der Waals surface area contributed by atoms with Crippen molar-refractivity contribution in [1.82, 2.24) is 0 Å². The lowest BCUT2D eigenvalue weighted by Gasteiger charge is -2.24. The number of hydrogen-bond donors (Lipinski definition) is 2. The molecule has 2 N–H and O–H groups in total. The third kappa shape index (κ3) is 7.46. The fourth-order valence-corrected chi connectivity index (χ4v) is 5.80. The van der Waals surface area contributed by atoms with E-state index in [0.29, 0.717) is 28.5 Å². The highest BCUT2D eigenvalue weighted by atomic mass is 35.5. The van der Waals surface area contributed by atoms with Gasteiger partial charge in [-0.3, -0.25) is 13.8 Å². The first-order chi connectivity index (χ1) is 16.8. The van der Waals surface area contributed by atoms with Crippen LogP contribution < -0.4 is 14.3 Å². The fourth-order valence-electron chi connectivity index (χ4n) is 3.54. The van der Waals surface area contributed by atoms with Crippen molar-refractivity contribution in [3.63, 3.8) is 0 Å². The van der Waals surface area contributed by atoms with Crippen molar-refractivity contribution >= 4 is 54.6 Å². The third-order valence-electron chi connectivity index (χ3n) is 5.32. The Morgan fingerprint density at radius 3 is 2.25 bits per heavy atom. The van der Waals surface area contributed by atoms with Crippen LogP contribution in [0, 0.1) is 13.8 Å². The number of sulfonamides is 2. The van der Waals surface area contributed by atoms with Crippen LogP contribution in [-0.2, 0) is 24.8 Å². The number of nitrogens with one attached hydrogen (secondary N) is 2. The van der Waals surface area contributed by atoms with Gasteiger partial charge in [0.15, 0.2) is 0 Å². The minimum absolute atomic E-state index is 0.0257. The molecule has 0 heterocycles. The summed E-state index contributed by atoms with van der Waals surface area (Å²) in [4.78, 5) is 12.5. The van der Waals surface area contributed by atoms with Crippen LogP contribution >= 0.6 is 11.6 Å². The van der Waals surface area contributed by atoms with Crippen LogP contribution in [-0.4, -0.2) is 35.5 Å². The van der Waals surface area contributed by atoms with E-state index >= 15 is 0 Å². The van der Waals surface area contributed by atoms with Crippen molar-refractivity contribution in [1.29, 1.82) is 0 Å². The summed E-state index contributed by atoms with van der Waals surface area (Å²) in [5, 5.41) is 3.12. The molecular weight excluding hydrogens is 522 g/mol.